The Morgan fingerprint density at radius 2 is 2.11 bits per heavy atom. The van der Waals surface area contributed by atoms with E-state index in [2.05, 4.69) is 10.6 Å². The maximum absolute atomic E-state index is 12.3. The fraction of sp³-hybridized carbons (Fsp3) is 0.429. The van der Waals surface area contributed by atoms with Gasteiger partial charge in [0, 0.05) is 6.54 Å². The Morgan fingerprint density at radius 1 is 1.37 bits per heavy atom. The first kappa shape index (κ1) is 13.5. The van der Waals surface area contributed by atoms with Crippen LogP contribution >= 0.6 is 0 Å². The molecule has 0 aliphatic carbocycles. The predicted molar refractivity (Wildman–Crippen MR) is 72.0 cm³/mol. The second-order valence-electron chi connectivity index (χ2n) is 4.98. The molecule has 5 nitrogen and oxygen atoms in total. The van der Waals surface area contributed by atoms with Gasteiger partial charge in [0.15, 0.2) is 0 Å². The van der Waals surface area contributed by atoms with Crippen molar-refractivity contribution in [2.24, 2.45) is 5.41 Å². The van der Waals surface area contributed by atoms with Gasteiger partial charge in [0.05, 0.1) is 23.8 Å². The van der Waals surface area contributed by atoms with Crippen LogP contribution < -0.4 is 10.6 Å². The summed E-state index contributed by atoms with van der Waals surface area (Å²) in [6.07, 6.45) is 0.791. The van der Waals surface area contributed by atoms with Crippen LogP contribution in [0.15, 0.2) is 24.3 Å². The number of carbonyl (C=O) groups excluding carboxylic acids is 2. The maximum atomic E-state index is 12.3. The number of anilines is 1. The molecule has 0 saturated carbocycles. The zero-order chi connectivity index (χ0) is 13.9. The summed E-state index contributed by atoms with van der Waals surface area (Å²) in [7, 11) is 1.32. The van der Waals surface area contributed by atoms with E-state index in [9.17, 15) is 9.59 Å². The van der Waals surface area contributed by atoms with E-state index < -0.39 is 11.4 Å². The fourth-order valence-corrected chi connectivity index (χ4v) is 2.16. The minimum Gasteiger partial charge on any atom is -0.465 e. The number of para-hydroxylation sites is 1. The van der Waals surface area contributed by atoms with Crippen LogP contribution in [-0.4, -0.2) is 32.1 Å². The van der Waals surface area contributed by atoms with Crippen LogP contribution in [0, 0.1) is 5.41 Å². The summed E-state index contributed by atoms with van der Waals surface area (Å²) in [6.45, 7) is 3.41. The van der Waals surface area contributed by atoms with E-state index in [1.165, 1.54) is 7.11 Å². The van der Waals surface area contributed by atoms with Crippen LogP contribution in [0.4, 0.5) is 5.69 Å². The highest BCUT2D eigenvalue weighted by Crippen LogP contribution is 2.27. The minimum atomic E-state index is -0.453. The Bertz CT molecular complexity index is 493. The number of hydrogen-bond donors (Lipinski definition) is 2. The molecule has 1 unspecified atom stereocenters. The molecule has 19 heavy (non-hydrogen) atoms. The summed E-state index contributed by atoms with van der Waals surface area (Å²) in [5.41, 5.74) is 0.434. The zero-order valence-electron chi connectivity index (χ0n) is 11.2. The van der Waals surface area contributed by atoms with Crippen molar-refractivity contribution in [3.05, 3.63) is 29.8 Å². The van der Waals surface area contributed by atoms with E-state index in [1.807, 2.05) is 6.92 Å². The van der Waals surface area contributed by atoms with Crippen molar-refractivity contribution in [1.82, 2.24) is 5.32 Å². The Balaban J connectivity index is 2.19. The number of amides is 1. The van der Waals surface area contributed by atoms with Gasteiger partial charge in [-0.1, -0.05) is 12.1 Å². The first-order valence-electron chi connectivity index (χ1n) is 6.26. The molecule has 0 bridgehead atoms. The van der Waals surface area contributed by atoms with Gasteiger partial charge < -0.3 is 15.4 Å². The molecule has 1 amide bonds. The Kier molecular flexibility index (Phi) is 3.85. The average Bonchev–Trinajstić information content (AvgIpc) is 2.87. The van der Waals surface area contributed by atoms with Gasteiger partial charge in [-0.25, -0.2) is 4.79 Å². The van der Waals surface area contributed by atoms with E-state index >= 15 is 0 Å². The molecular formula is C14H18N2O3. The quantitative estimate of drug-likeness (QED) is 0.808. The summed E-state index contributed by atoms with van der Waals surface area (Å²) >= 11 is 0. The van der Waals surface area contributed by atoms with E-state index in [1.54, 1.807) is 24.3 Å². The average molecular weight is 262 g/mol. The van der Waals surface area contributed by atoms with E-state index in [0.717, 1.165) is 13.0 Å². The molecule has 2 rings (SSSR count). The largest absolute Gasteiger partial charge is 0.465 e. The Labute approximate surface area is 112 Å². The van der Waals surface area contributed by atoms with Gasteiger partial charge in [0.25, 0.3) is 0 Å². The summed E-state index contributed by atoms with van der Waals surface area (Å²) in [5, 5.41) is 6.00. The summed E-state index contributed by atoms with van der Waals surface area (Å²) in [4.78, 5) is 23.9. The van der Waals surface area contributed by atoms with Crippen LogP contribution in [0.1, 0.15) is 23.7 Å². The lowest BCUT2D eigenvalue weighted by Gasteiger charge is -2.22. The highest BCUT2D eigenvalue weighted by molar-refractivity contribution is 6.02. The van der Waals surface area contributed by atoms with Crippen molar-refractivity contribution in [3.8, 4) is 0 Å². The molecule has 1 atom stereocenters. The van der Waals surface area contributed by atoms with Gasteiger partial charge in [0.2, 0.25) is 5.91 Å². The lowest BCUT2D eigenvalue weighted by molar-refractivity contribution is -0.123. The minimum absolute atomic E-state index is 0.0751. The van der Waals surface area contributed by atoms with Crippen molar-refractivity contribution < 1.29 is 14.3 Å². The van der Waals surface area contributed by atoms with Crippen LogP contribution in [0.2, 0.25) is 0 Å². The summed E-state index contributed by atoms with van der Waals surface area (Å²) in [5.74, 6) is -0.528. The molecular weight excluding hydrogens is 244 g/mol. The van der Waals surface area contributed by atoms with Crippen molar-refractivity contribution in [1.29, 1.82) is 0 Å². The molecule has 2 N–H and O–H groups in total. The molecule has 5 heteroatoms. The molecule has 1 aliphatic rings. The third kappa shape index (κ3) is 2.76. The van der Waals surface area contributed by atoms with E-state index in [-0.39, 0.29) is 5.91 Å². The summed E-state index contributed by atoms with van der Waals surface area (Å²) < 4.78 is 4.71. The second kappa shape index (κ2) is 5.40. The molecule has 1 aromatic rings. The number of rotatable bonds is 3. The summed E-state index contributed by atoms with van der Waals surface area (Å²) in [6, 6.07) is 6.85. The maximum Gasteiger partial charge on any atom is 0.339 e. The van der Waals surface area contributed by atoms with Crippen molar-refractivity contribution in [2.45, 2.75) is 13.3 Å². The second-order valence-corrected chi connectivity index (χ2v) is 4.98. The van der Waals surface area contributed by atoms with Gasteiger partial charge in [-0.15, -0.1) is 0 Å². The third-order valence-corrected chi connectivity index (χ3v) is 3.50. The number of carbonyl (C=O) groups is 2. The monoisotopic (exact) mass is 262 g/mol. The third-order valence-electron chi connectivity index (χ3n) is 3.50. The molecule has 102 valence electrons. The van der Waals surface area contributed by atoms with Gasteiger partial charge >= 0.3 is 5.97 Å². The van der Waals surface area contributed by atoms with Gasteiger partial charge in [0.1, 0.15) is 0 Å². The molecule has 0 spiro atoms. The van der Waals surface area contributed by atoms with Gasteiger partial charge in [-0.2, -0.15) is 0 Å². The Hall–Kier alpha value is -1.88. The number of nitrogens with one attached hydrogen (secondary N) is 2. The number of esters is 1. The van der Waals surface area contributed by atoms with Crippen molar-refractivity contribution >= 4 is 17.6 Å². The highest BCUT2D eigenvalue weighted by Gasteiger charge is 2.36. The number of methoxy groups -OCH3 is 1. The predicted octanol–water partition coefficient (Wildman–Crippen LogP) is 1.41. The topological polar surface area (TPSA) is 67.4 Å². The molecule has 1 aromatic carbocycles. The van der Waals surface area contributed by atoms with Crippen LogP contribution in [0.3, 0.4) is 0 Å². The van der Waals surface area contributed by atoms with Crippen molar-refractivity contribution in [2.75, 3.05) is 25.5 Å². The number of hydrogen-bond acceptors (Lipinski definition) is 4. The first-order valence-corrected chi connectivity index (χ1v) is 6.26. The molecule has 0 radical (unpaired) electrons. The lowest BCUT2D eigenvalue weighted by atomic mass is 9.88. The number of ether oxygens (including phenoxy) is 1. The standard InChI is InChI=1S/C14H18N2O3/c1-14(7-8-15-9-14)13(18)16-11-6-4-3-5-10(11)12(17)19-2/h3-6,15H,7-9H2,1-2H3,(H,16,18). The van der Waals surface area contributed by atoms with Crippen LogP contribution in [0.25, 0.3) is 0 Å². The van der Waals surface area contributed by atoms with Crippen LogP contribution in [0.5, 0.6) is 0 Å². The molecule has 0 aromatic heterocycles. The molecule has 1 aliphatic heterocycles. The lowest BCUT2D eigenvalue weighted by Crippen LogP contribution is -2.35. The molecule has 1 heterocycles. The van der Waals surface area contributed by atoms with Gasteiger partial charge in [-0.3, -0.25) is 4.79 Å². The van der Waals surface area contributed by atoms with Crippen LogP contribution in [-0.2, 0) is 9.53 Å². The van der Waals surface area contributed by atoms with Crippen molar-refractivity contribution in [3.63, 3.8) is 0 Å². The molecule has 1 saturated heterocycles. The van der Waals surface area contributed by atoms with Gasteiger partial charge in [-0.05, 0) is 32.0 Å². The molecule has 1 fully saturated rings. The zero-order valence-corrected chi connectivity index (χ0v) is 11.2. The number of benzene rings is 1. The first-order chi connectivity index (χ1) is 9.07. The van der Waals surface area contributed by atoms with E-state index in [4.69, 9.17) is 4.74 Å². The highest BCUT2D eigenvalue weighted by atomic mass is 16.5. The smallest absolute Gasteiger partial charge is 0.339 e. The SMILES string of the molecule is COC(=O)c1ccccc1NC(=O)C1(C)CCNC1. The van der Waals surface area contributed by atoms with E-state index in [0.29, 0.717) is 17.8 Å². The normalized spacial score (nSPS) is 22.0. The fourth-order valence-electron chi connectivity index (χ4n) is 2.16. The Morgan fingerprint density at radius 3 is 2.74 bits per heavy atom.